The summed E-state index contributed by atoms with van der Waals surface area (Å²) in [4.78, 5) is 29.6. The second-order valence-corrected chi connectivity index (χ2v) is 8.48. The van der Waals surface area contributed by atoms with Crippen molar-refractivity contribution in [1.29, 1.82) is 0 Å². The molecule has 0 atom stereocenters. The molecule has 0 radical (unpaired) electrons. The molecule has 4 rings (SSSR count). The van der Waals surface area contributed by atoms with E-state index >= 15 is 0 Å². The summed E-state index contributed by atoms with van der Waals surface area (Å²) in [6.45, 7) is 7.85. The van der Waals surface area contributed by atoms with Gasteiger partial charge in [-0.15, -0.1) is 0 Å². The molecule has 0 bridgehead atoms. The first kappa shape index (κ1) is 19.2. The second kappa shape index (κ2) is 7.70. The SMILES string of the molecule is C=Cc1ccc2c(c1)C(=O)O[C@]21CC[C@H](C(=O)N(C)CCN2CCCC2)CC1. The van der Waals surface area contributed by atoms with Crippen LogP contribution in [-0.4, -0.2) is 54.9 Å². The summed E-state index contributed by atoms with van der Waals surface area (Å²) >= 11 is 0. The minimum absolute atomic E-state index is 0.0319. The molecular weight excluding hydrogens is 352 g/mol. The van der Waals surface area contributed by atoms with E-state index in [2.05, 4.69) is 11.5 Å². The fraction of sp³-hybridized carbons (Fsp3) is 0.565. The van der Waals surface area contributed by atoms with E-state index in [1.54, 1.807) is 6.08 Å². The summed E-state index contributed by atoms with van der Waals surface area (Å²) in [7, 11) is 1.92. The Morgan fingerprint density at radius 2 is 2.04 bits per heavy atom. The van der Waals surface area contributed by atoms with Crippen LogP contribution in [0.1, 0.15) is 60.0 Å². The quantitative estimate of drug-likeness (QED) is 0.732. The molecule has 0 aromatic heterocycles. The summed E-state index contributed by atoms with van der Waals surface area (Å²) in [5.41, 5.74) is 2.02. The van der Waals surface area contributed by atoms with Crippen molar-refractivity contribution in [3.05, 3.63) is 41.5 Å². The van der Waals surface area contributed by atoms with Crippen molar-refractivity contribution >= 4 is 18.0 Å². The third-order valence-corrected chi connectivity index (χ3v) is 6.75. The van der Waals surface area contributed by atoms with Gasteiger partial charge < -0.3 is 14.5 Å². The van der Waals surface area contributed by atoms with Crippen LogP contribution in [-0.2, 0) is 15.1 Å². The van der Waals surface area contributed by atoms with Crippen LogP contribution in [0, 0.1) is 5.92 Å². The second-order valence-electron chi connectivity index (χ2n) is 8.48. The van der Waals surface area contributed by atoms with Crippen LogP contribution in [0.2, 0.25) is 0 Å². The number of benzene rings is 1. The first-order valence-electron chi connectivity index (χ1n) is 10.5. The third-order valence-electron chi connectivity index (χ3n) is 6.75. The molecule has 0 unspecified atom stereocenters. The monoisotopic (exact) mass is 382 g/mol. The fourth-order valence-electron chi connectivity index (χ4n) is 4.96. The van der Waals surface area contributed by atoms with Crippen LogP contribution in [0.4, 0.5) is 0 Å². The molecule has 1 saturated heterocycles. The number of fused-ring (bicyclic) bond motifs is 2. The molecule has 2 heterocycles. The van der Waals surface area contributed by atoms with Crippen molar-refractivity contribution in [2.75, 3.05) is 33.2 Å². The molecule has 2 fully saturated rings. The summed E-state index contributed by atoms with van der Waals surface area (Å²) in [6.07, 6.45) is 7.26. The predicted molar refractivity (Wildman–Crippen MR) is 109 cm³/mol. The van der Waals surface area contributed by atoms with Gasteiger partial charge in [0.25, 0.3) is 0 Å². The Hall–Kier alpha value is -2.14. The maximum absolute atomic E-state index is 12.9. The first-order valence-corrected chi connectivity index (χ1v) is 10.5. The Bertz CT molecular complexity index is 774. The maximum Gasteiger partial charge on any atom is 0.339 e. The van der Waals surface area contributed by atoms with Crippen LogP contribution in [0.5, 0.6) is 0 Å². The molecule has 1 amide bonds. The van der Waals surface area contributed by atoms with Gasteiger partial charge in [0.1, 0.15) is 5.60 Å². The van der Waals surface area contributed by atoms with Crippen LogP contribution in [0.15, 0.2) is 24.8 Å². The zero-order chi connectivity index (χ0) is 19.7. The summed E-state index contributed by atoms with van der Waals surface area (Å²) < 4.78 is 5.86. The van der Waals surface area contributed by atoms with Gasteiger partial charge in [0.15, 0.2) is 0 Å². The smallest absolute Gasteiger partial charge is 0.339 e. The Kier molecular flexibility index (Phi) is 5.28. The van der Waals surface area contributed by atoms with E-state index in [0.29, 0.717) is 5.56 Å². The minimum Gasteiger partial charge on any atom is -0.451 e. The van der Waals surface area contributed by atoms with Gasteiger partial charge in [-0.2, -0.15) is 0 Å². The van der Waals surface area contributed by atoms with Crippen molar-refractivity contribution in [1.82, 2.24) is 9.80 Å². The molecule has 150 valence electrons. The van der Waals surface area contributed by atoms with Gasteiger partial charge in [-0.25, -0.2) is 4.79 Å². The Balaban J connectivity index is 1.37. The highest BCUT2D eigenvalue weighted by Gasteiger charge is 2.48. The lowest BCUT2D eigenvalue weighted by molar-refractivity contribution is -0.137. The van der Waals surface area contributed by atoms with E-state index in [1.807, 2.05) is 30.1 Å². The molecule has 5 heteroatoms. The number of esters is 1. The number of rotatable bonds is 5. The van der Waals surface area contributed by atoms with Gasteiger partial charge in [-0.1, -0.05) is 24.8 Å². The average molecular weight is 383 g/mol. The standard InChI is InChI=1S/C23H30N2O3/c1-3-17-6-7-20-19(16-17)22(27)28-23(20)10-8-18(9-11-23)21(26)24(2)14-15-25-12-4-5-13-25/h3,6-7,16,18H,1,4-5,8-15H2,2H3/t18-,23-. The van der Waals surface area contributed by atoms with Gasteiger partial charge in [0.2, 0.25) is 5.91 Å². The number of hydrogen-bond donors (Lipinski definition) is 0. The van der Waals surface area contributed by atoms with Crippen molar-refractivity contribution in [3.63, 3.8) is 0 Å². The molecule has 1 spiro atoms. The lowest BCUT2D eigenvalue weighted by Crippen LogP contribution is -2.41. The van der Waals surface area contributed by atoms with E-state index < -0.39 is 5.60 Å². The zero-order valence-corrected chi connectivity index (χ0v) is 16.8. The summed E-state index contributed by atoms with van der Waals surface area (Å²) in [6, 6.07) is 5.85. The van der Waals surface area contributed by atoms with Crippen LogP contribution < -0.4 is 0 Å². The molecule has 2 aliphatic heterocycles. The molecule has 5 nitrogen and oxygen atoms in total. The van der Waals surface area contributed by atoms with Crippen molar-refractivity contribution in [3.8, 4) is 0 Å². The number of amides is 1. The van der Waals surface area contributed by atoms with Gasteiger partial charge in [0.05, 0.1) is 5.56 Å². The number of ether oxygens (including phenoxy) is 1. The highest BCUT2D eigenvalue weighted by molar-refractivity contribution is 5.95. The van der Waals surface area contributed by atoms with Crippen LogP contribution in [0.3, 0.4) is 0 Å². The number of carbonyl (C=O) groups is 2. The highest BCUT2D eigenvalue weighted by Crippen LogP contribution is 2.48. The molecule has 3 aliphatic rings. The average Bonchev–Trinajstić information content (AvgIpc) is 3.33. The minimum atomic E-state index is -0.545. The van der Waals surface area contributed by atoms with Gasteiger partial charge >= 0.3 is 5.97 Å². The van der Waals surface area contributed by atoms with Crippen LogP contribution in [0.25, 0.3) is 6.08 Å². The van der Waals surface area contributed by atoms with E-state index in [1.165, 1.54) is 12.8 Å². The Morgan fingerprint density at radius 3 is 2.71 bits per heavy atom. The van der Waals surface area contributed by atoms with Crippen LogP contribution >= 0.6 is 0 Å². The predicted octanol–water partition coefficient (Wildman–Crippen LogP) is 3.44. The topological polar surface area (TPSA) is 49.9 Å². The summed E-state index contributed by atoms with van der Waals surface area (Å²) in [5, 5.41) is 0. The normalized spacial score (nSPS) is 26.9. The Labute approximate surface area is 167 Å². The molecule has 1 saturated carbocycles. The van der Waals surface area contributed by atoms with E-state index in [9.17, 15) is 9.59 Å². The number of carbonyl (C=O) groups excluding carboxylic acids is 2. The van der Waals surface area contributed by atoms with Crippen molar-refractivity contribution in [2.24, 2.45) is 5.92 Å². The van der Waals surface area contributed by atoms with Crippen molar-refractivity contribution in [2.45, 2.75) is 44.1 Å². The molecule has 0 N–H and O–H groups in total. The number of likely N-dealkylation sites (tertiary alicyclic amines) is 1. The number of hydrogen-bond acceptors (Lipinski definition) is 4. The summed E-state index contributed by atoms with van der Waals surface area (Å²) in [5.74, 6) is 0.0243. The molecule has 1 aliphatic carbocycles. The van der Waals surface area contributed by atoms with Crippen molar-refractivity contribution < 1.29 is 14.3 Å². The first-order chi connectivity index (χ1) is 13.5. The lowest BCUT2D eigenvalue weighted by Gasteiger charge is -2.37. The van der Waals surface area contributed by atoms with E-state index in [-0.39, 0.29) is 17.8 Å². The van der Waals surface area contributed by atoms with E-state index in [4.69, 9.17) is 4.74 Å². The number of likely N-dealkylation sites (N-methyl/N-ethyl adjacent to an activating group) is 1. The Morgan fingerprint density at radius 1 is 1.32 bits per heavy atom. The largest absolute Gasteiger partial charge is 0.451 e. The van der Waals surface area contributed by atoms with Gasteiger partial charge in [0, 0.05) is 31.6 Å². The maximum atomic E-state index is 12.9. The fourth-order valence-corrected chi connectivity index (χ4v) is 4.96. The van der Waals surface area contributed by atoms with E-state index in [0.717, 1.165) is 63.0 Å². The molecular formula is C23H30N2O3. The number of nitrogens with zero attached hydrogens (tertiary/aromatic N) is 2. The molecule has 28 heavy (non-hydrogen) atoms. The third kappa shape index (κ3) is 3.48. The molecule has 1 aromatic carbocycles. The molecule has 1 aromatic rings. The zero-order valence-electron chi connectivity index (χ0n) is 16.8. The van der Waals surface area contributed by atoms with Gasteiger partial charge in [-0.3, -0.25) is 4.79 Å². The van der Waals surface area contributed by atoms with Gasteiger partial charge in [-0.05, 0) is 63.2 Å². The highest BCUT2D eigenvalue weighted by atomic mass is 16.6. The lowest BCUT2D eigenvalue weighted by atomic mass is 9.74.